The second kappa shape index (κ2) is 3.15. The van der Waals surface area contributed by atoms with Crippen LogP contribution in [0, 0.1) is 11.3 Å². The van der Waals surface area contributed by atoms with Crippen molar-refractivity contribution >= 4 is 16.7 Å². The third-order valence-corrected chi connectivity index (χ3v) is 4.38. The highest BCUT2D eigenvalue weighted by Gasteiger charge is 2.41. The Morgan fingerprint density at radius 3 is 2.46 bits per heavy atom. The molecule has 1 amide bonds. The fourth-order valence-corrected chi connectivity index (χ4v) is 3.37. The number of nitrogens with one attached hydrogen (secondary N) is 1. The third-order valence-electron chi connectivity index (χ3n) is 2.77. The topological polar surface area (TPSA) is 69.6 Å². The van der Waals surface area contributed by atoms with Crippen molar-refractivity contribution in [3.8, 4) is 0 Å². The Morgan fingerprint density at radius 2 is 2.08 bits per heavy atom. The number of rotatable bonds is 1. The van der Waals surface area contributed by atoms with Crippen LogP contribution in [0.5, 0.6) is 0 Å². The summed E-state index contributed by atoms with van der Waals surface area (Å²) in [6, 6.07) is 0. The summed E-state index contributed by atoms with van der Waals surface area (Å²) in [5, 5.41) is 0. The van der Waals surface area contributed by atoms with Gasteiger partial charge in [-0.15, -0.1) is 10.8 Å². The summed E-state index contributed by atoms with van der Waals surface area (Å²) < 4.78 is 21.1. The van der Waals surface area contributed by atoms with Crippen LogP contribution in [0.4, 0.5) is 0 Å². The maximum atomic E-state index is 11.2. The first kappa shape index (κ1) is 10.8. The lowest BCUT2D eigenvalue weighted by Crippen LogP contribution is -2.46. The van der Waals surface area contributed by atoms with E-state index in [9.17, 15) is 13.9 Å². The Labute approximate surface area is 80.2 Å². The number of hydrogen-bond donors (Lipinski definition) is 3. The first-order valence-corrected chi connectivity index (χ1v) is 6.03. The molecule has 1 aliphatic rings. The van der Waals surface area contributed by atoms with Gasteiger partial charge in [0.25, 0.3) is 0 Å². The molecule has 5 heteroatoms. The second-order valence-corrected chi connectivity index (χ2v) is 6.15. The molecule has 1 heterocycles. The molecule has 3 N–H and O–H groups in total. The van der Waals surface area contributed by atoms with E-state index in [1.807, 2.05) is 20.8 Å². The zero-order valence-corrected chi connectivity index (χ0v) is 9.02. The molecular formula is C8H17NO3S. The van der Waals surface area contributed by atoms with Crippen molar-refractivity contribution in [2.24, 2.45) is 11.3 Å². The maximum Gasteiger partial charge on any atom is 0.238 e. The van der Waals surface area contributed by atoms with Crippen LogP contribution < -0.4 is 4.72 Å². The first-order chi connectivity index (χ1) is 5.75. The van der Waals surface area contributed by atoms with Crippen LogP contribution in [-0.4, -0.2) is 20.8 Å². The number of amides is 1. The molecule has 1 saturated heterocycles. The van der Waals surface area contributed by atoms with Crippen LogP contribution in [0.1, 0.15) is 27.2 Å². The van der Waals surface area contributed by atoms with Gasteiger partial charge >= 0.3 is 0 Å². The summed E-state index contributed by atoms with van der Waals surface area (Å²) in [7, 11) is -2.88. The van der Waals surface area contributed by atoms with E-state index in [0.29, 0.717) is 6.42 Å². The maximum absolute atomic E-state index is 11.2. The van der Waals surface area contributed by atoms with E-state index in [1.165, 1.54) is 0 Å². The summed E-state index contributed by atoms with van der Waals surface area (Å²) in [5.74, 6) is 0.274. The molecule has 1 rings (SSSR count). The van der Waals surface area contributed by atoms with Gasteiger partial charge in [-0.1, -0.05) is 20.8 Å². The SMILES string of the molecule is CC(C)C1(C)CC(=O)NS(O)(O)C1. The molecule has 1 atom stereocenters. The highest BCUT2D eigenvalue weighted by molar-refractivity contribution is 8.23. The quantitative estimate of drug-likeness (QED) is 0.614. The summed E-state index contributed by atoms with van der Waals surface area (Å²) in [5.41, 5.74) is -0.291. The van der Waals surface area contributed by atoms with Crippen molar-refractivity contribution in [1.29, 1.82) is 0 Å². The molecule has 0 aromatic rings. The van der Waals surface area contributed by atoms with E-state index < -0.39 is 10.8 Å². The van der Waals surface area contributed by atoms with Crippen molar-refractivity contribution in [2.75, 3.05) is 5.75 Å². The summed E-state index contributed by atoms with van der Waals surface area (Å²) >= 11 is 0. The molecule has 4 nitrogen and oxygen atoms in total. The number of carbonyl (C=O) groups excluding carboxylic acids is 1. The molecule has 0 saturated carbocycles. The Morgan fingerprint density at radius 1 is 1.54 bits per heavy atom. The smallest absolute Gasteiger partial charge is 0.238 e. The third kappa shape index (κ3) is 2.36. The van der Waals surface area contributed by atoms with Crippen molar-refractivity contribution in [3.63, 3.8) is 0 Å². The van der Waals surface area contributed by atoms with E-state index in [0.717, 1.165) is 0 Å². The normalized spacial score (nSPS) is 35.7. The summed E-state index contributed by atoms with van der Waals surface area (Å²) in [4.78, 5) is 11.2. The van der Waals surface area contributed by atoms with Gasteiger partial charge in [-0.05, 0) is 11.3 Å². The molecule has 0 spiro atoms. The van der Waals surface area contributed by atoms with Crippen LogP contribution >= 0.6 is 10.8 Å². The van der Waals surface area contributed by atoms with E-state index in [-0.39, 0.29) is 23.0 Å². The predicted octanol–water partition coefficient (Wildman–Crippen LogP) is 1.83. The van der Waals surface area contributed by atoms with Crippen LogP contribution in [0.15, 0.2) is 0 Å². The molecule has 0 aliphatic carbocycles. The van der Waals surface area contributed by atoms with E-state index in [2.05, 4.69) is 4.72 Å². The van der Waals surface area contributed by atoms with Gasteiger partial charge in [-0.25, -0.2) is 0 Å². The Bertz CT molecular complexity index is 229. The highest BCUT2D eigenvalue weighted by atomic mass is 32.3. The van der Waals surface area contributed by atoms with Gasteiger partial charge in [0, 0.05) is 6.42 Å². The van der Waals surface area contributed by atoms with Crippen molar-refractivity contribution in [1.82, 2.24) is 4.72 Å². The van der Waals surface area contributed by atoms with E-state index in [1.54, 1.807) is 0 Å². The van der Waals surface area contributed by atoms with Gasteiger partial charge in [0.15, 0.2) is 0 Å². The highest BCUT2D eigenvalue weighted by Crippen LogP contribution is 2.49. The fourth-order valence-electron chi connectivity index (χ4n) is 1.50. The number of hydrogen-bond acceptors (Lipinski definition) is 3. The lowest BCUT2D eigenvalue weighted by atomic mass is 9.78. The van der Waals surface area contributed by atoms with Gasteiger partial charge in [-0.2, -0.15) is 0 Å². The zero-order valence-electron chi connectivity index (χ0n) is 8.20. The molecule has 0 bridgehead atoms. The van der Waals surface area contributed by atoms with Crippen LogP contribution in [0.3, 0.4) is 0 Å². The van der Waals surface area contributed by atoms with Gasteiger partial charge in [-0.3, -0.25) is 18.6 Å². The molecule has 0 radical (unpaired) electrons. The molecule has 1 unspecified atom stereocenters. The average Bonchev–Trinajstić information content (AvgIpc) is 1.79. The Kier molecular flexibility index (Phi) is 2.62. The lowest BCUT2D eigenvalue weighted by molar-refractivity contribution is -0.122. The molecule has 1 aliphatic heterocycles. The minimum absolute atomic E-state index is 0.262. The second-order valence-electron chi connectivity index (χ2n) is 4.32. The Balaban J connectivity index is 2.84. The molecule has 1 fully saturated rings. The molecule has 0 aromatic heterocycles. The fraction of sp³-hybridized carbons (Fsp3) is 0.875. The minimum Gasteiger partial charge on any atom is -0.282 e. The van der Waals surface area contributed by atoms with Gasteiger partial charge in [0.1, 0.15) is 0 Å². The molecule has 0 aromatic carbocycles. The van der Waals surface area contributed by atoms with Gasteiger partial charge in [0.05, 0.1) is 5.75 Å². The summed E-state index contributed by atoms with van der Waals surface area (Å²) in [6.07, 6.45) is 0.376. The lowest BCUT2D eigenvalue weighted by Gasteiger charge is -2.47. The van der Waals surface area contributed by atoms with Crippen LogP contribution in [0.2, 0.25) is 0 Å². The monoisotopic (exact) mass is 207 g/mol. The van der Waals surface area contributed by atoms with Crippen LogP contribution in [-0.2, 0) is 4.79 Å². The van der Waals surface area contributed by atoms with Gasteiger partial charge < -0.3 is 0 Å². The minimum atomic E-state index is -2.88. The molecule has 13 heavy (non-hydrogen) atoms. The summed E-state index contributed by atoms with van der Waals surface area (Å²) in [6.45, 7) is 5.91. The van der Waals surface area contributed by atoms with Crippen molar-refractivity contribution in [2.45, 2.75) is 27.2 Å². The first-order valence-electron chi connectivity index (χ1n) is 4.32. The van der Waals surface area contributed by atoms with Crippen molar-refractivity contribution in [3.05, 3.63) is 0 Å². The average molecular weight is 207 g/mol. The standard InChI is InChI=1S/C8H17NO3S/c1-6(2)8(3)4-7(10)9-13(11,12)5-8/h6,11-12H,4-5H2,1-3H3,(H,9,10). The van der Waals surface area contributed by atoms with Crippen molar-refractivity contribution < 1.29 is 13.9 Å². The molecular weight excluding hydrogens is 190 g/mol. The number of carbonyl (C=O) groups is 1. The van der Waals surface area contributed by atoms with Crippen LogP contribution in [0.25, 0.3) is 0 Å². The largest absolute Gasteiger partial charge is 0.282 e. The van der Waals surface area contributed by atoms with E-state index >= 15 is 0 Å². The Hall–Kier alpha value is -0.260. The predicted molar refractivity (Wildman–Crippen MR) is 53.4 cm³/mol. The molecule has 78 valence electrons. The van der Waals surface area contributed by atoms with Gasteiger partial charge in [0.2, 0.25) is 5.91 Å². The van der Waals surface area contributed by atoms with E-state index in [4.69, 9.17) is 0 Å². The zero-order chi connectivity index (χ0) is 10.3.